The summed E-state index contributed by atoms with van der Waals surface area (Å²) in [5, 5.41) is 0. The first-order valence-electron chi connectivity index (χ1n) is 4.24. The van der Waals surface area contributed by atoms with Gasteiger partial charge in [-0.2, -0.15) is 0 Å². The molecule has 0 saturated heterocycles. The minimum absolute atomic E-state index is 0.139. The van der Waals surface area contributed by atoms with E-state index in [1.54, 1.807) is 12.3 Å². The SMILES string of the molecule is CC1=CC(=O)CN(c2ccco2)C1. The van der Waals surface area contributed by atoms with Crippen molar-refractivity contribution in [2.45, 2.75) is 6.92 Å². The second-order valence-electron chi connectivity index (χ2n) is 3.26. The fourth-order valence-electron chi connectivity index (χ4n) is 1.52. The molecule has 0 aromatic carbocycles. The quantitative estimate of drug-likeness (QED) is 0.653. The number of hydrogen-bond acceptors (Lipinski definition) is 3. The number of carbonyl (C=O) groups excluding carboxylic acids is 1. The van der Waals surface area contributed by atoms with Crippen LogP contribution in [0.4, 0.5) is 5.88 Å². The molecule has 0 spiro atoms. The fourth-order valence-corrected chi connectivity index (χ4v) is 1.52. The van der Waals surface area contributed by atoms with Gasteiger partial charge in [-0.3, -0.25) is 4.79 Å². The van der Waals surface area contributed by atoms with E-state index < -0.39 is 0 Å². The lowest BCUT2D eigenvalue weighted by atomic mass is 10.1. The molecule has 0 unspecified atom stereocenters. The van der Waals surface area contributed by atoms with E-state index >= 15 is 0 Å². The third-order valence-electron chi connectivity index (χ3n) is 2.01. The van der Waals surface area contributed by atoms with E-state index in [0.29, 0.717) is 6.54 Å². The molecule has 0 atom stereocenters. The van der Waals surface area contributed by atoms with Gasteiger partial charge in [-0.1, -0.05) is 5.57 Å². The van der Waals surface area contributed by atoms with Gasteiger partial charge < -0.3 is 9.32 Å². The lowest BCUT2D eigenvalue weighted by molar-refractivity contribution is -0.113. The zero-order valence-electron chi connectivity index (χ0n) is 7.49. The molecule has 0 radical (unpaired) electrons. The number of rotatable bonds is 1. The third kappa shape index (κ3) is 1.64. The number of ketones is 1. The molecule has 13 heavy (non-hydrogen) atoms. The molecule has 1 aliphatic rings. The van der Waals surface area contributed by atoms with Gasteiger partial charge in [-0.15, -0.1) is 0 Å². The maximum Gasteiger partial charge on any atom is 0.195 e. The smallest absolute Gasteiger partial charge is 0.195 e. The van der Waals surface area contributed by atoms with Crippen LogP contribution in [0, 0.1) is 0 Å². The van der Waals surface area contributed by atoms with Crippen LogP contribution in [-0.4, -0.2) is 18.9 Å². The van der Waals surface area contributed by atoms with Gasteiger partial charge in [0.2, 0.25) is 0 Å². The van der Waals surface area contributed by atoms with Crippen molar-refractivity contribution in [2.24, 2.45) is 0 Å². The maximum absolute atomic E-state index is 11.2. The molecule has 3 heteroatoms. The van der Waals surface area contributed by atoms with Crippen molar-refractivity contribution in [3.05, 3.63) is 30.0 Å². The first-order chi connectivity index (χ1) is 6.25. The molecule has 2 rings (SSSR count). The Bertz CT molecular complexity index is 338. The molecule has 0 aliphatic carbocycles. The van der Waals surface area contributed by atoms with Gasteiger partial charge in [-0.25, -0.2) is 0 Å². The average molecular weight is 177 g/mol. The minimum atomic E-state index is 0.139. The summed E-state index contributed by atoms with van der Waals surface area (Å²) in [5.74, 6) is 0.904. The first-order valence-corrected chi connectivity index (χ1v) is 4.24. The summed E-state index contributed by atoms with van der Waals surface area (Å²) in [6.07, 6.45) is 3.31. The van der Waals surface area contributed by atoms with Crippen LogP contribution in [0.3, 0.4) is 0 Å². The summed E-state index contributed by atoms with van der Waals surface area (Å²) >= 11 is 0. The van der Waals surface area contributed by atoms with Crippen LogP contribution in [0.2, 0.25) is 0 Å². The van der Waals surface area contributed by atoms with Crippen molar-refractivity contribution in [3.63, 3.8) is 0 Å². The summed E-state index contributed by atoms with van der Waals surface area (Å²) in [6, 6.07) is 3.69. The largest absolute Gasteiger partial charge is 0.449 e. The maximum atomic E-state index is 11.2. The Hall–Kier alpha value is -1.51. The molecule has 0 bridgehead atoms. The highest BCUT2D eigenvalue weighted by Gasteiger charge is 2.17. The molecule has 1 aromatic heterocycles. The predicted octanol–water partition coefficient (Wildman–Crippen LogP) is 1.61. The van der Waals surface area contributed by atoms with Gasteiger partial charge in [0.15, 0.2) is 11.7 Å². The van der Waals surface area contributed by atoms with Gasteiger partial charge >= 0.3 is 0 Å². The molecule has 1 aliphatic heterocycles. The molecular weight excluding hydrogens is 166 g/mol. The van der Waals surface area contributed by atoms with Gasteiger partial charge in [0.1, 0.15) is 0 Å². The van der Waals surface area contributed by atoms with Crippen LogP contribution in [0.15, 0.2) is 34.5 Å². The number of furan rings is 1. The molecule has 68 valence electrons. The molecule has 2 heterocycles. The lowest BCUT2D eigenvalue weighted by Gasteiger charge is -2.24. The van der Waals surface area contributed by atoms with E-state index in [0.717, 1.165) is 18.0 Å². The summed E-state index contributed by atoms with van der Waals surface area (Å²) in [5.41, 5.74) is 1.08. The highest BCUT2D eigenvalue weighted by Crippen LogP contribution is 2.18. The van der Waals surface area contributed by atoms with Crippen LogP contribution in [0.5, 0.6) is 0 Å². The molecule has 0 amide bonds. The minimum Gasteiger partial charge on any atom is -0.449 e. The van der Waals surface area contributed by atoms with Crippen molar-refractivity contribution < 1.29 is 9.21 Å². The zero-order chi connectivity index (χ0) is 9.26. The number of hydrogen-bond donors (Lipinski definition) is 0. The van der Waals surface area contributed by atoms with Crippen molar-refractivity contribution in [1.82, 2.24) is 0 Å². The van der Waals surface area contributed by atoms with Crippen molar-refractivity contribution in [2.75, 3.05) is 18.0 Å². The summed E-state index contributed by atoms with van der Waals surface area (Å²) in [7, 11) is 0. The fraction of sp³-hybridized carbons (Fsp3) is 0.300. The van der Waals surface area contributed by atoms with E-state index in [1.807, 2.05) is 24.0 Å². The summed E-state index contributed by atoms with van der Waals surface area (Å²) in [6.45, 7) is 3.15. The second-order valence-corrected chi connectivity index (χ2v) is 3.26. The number of nitrogens with zero attached hydrogens (tertiary/aromatic N) is 1. The van der Waals surface area contributed by atoms with E-state index in [9.17, 15) is 4.79 Å². The highest BCUT2D eigenvalue weighted by atomic mass is 16.3. The van der Waals surface area contributed by atoms with Gasteiger partial charge in [-0.05, 0) is 19.1 Å². The summed E-state index contributed by atoms with van der Waals surface area (Å²) in [4.78, 5) is 13.1. The van der Waals surface area contributed by atoms with E-state index in [1.165, 1.54) is 0 Å². The van der Waals surface area contributed by atoms with Gasteiger partial charge in [0, 0.05) is 12.6 Å². The van der Waals surface area contributed by atoms with E-state index in [4.69, 9.17) is 4.42 Å². The summed E-state index contributed by atoms with van der Waals surface area (Å²) < 4.78 is 5.22. The number of anilines is 1. The van der Waals surface area contributed by atoms with Crippen LogP contribution in [0.1, 0.15) is 6.92 Å². The average Bonchev–Trinajstić information content (AvgIpc) is 2.53. The highest BCUT2D eigenvalue weighted by molar-refractivity contribution is 5.95. The van der Waals surface area contributed by atoms with Crippen LogP contribution < -0.4 is 4.90 Å². The molecule has 3 nitrogen and oxygen atoms in total. The van der Waals surface area contributed by atoms with Crippen molar-refractivity contribution in [3.8, 4) is 0 Å². The Kier molecular flexibility index (Phi) is 1.93. The Morgan fingerprint density at radius 1 is 1.46 bits per heavy atom. The first kappa shape index (κ1) is 8.10. The normalized spacial score (nSPS) is 17.5. The van der Waals surface area contributed by atoms with Gasteiger partial charge in [0.25, 0.3) is 0 Å². The molecular formula is C10H11NO2. The van der Waals surface area contributed by atoms with Crippen LogP contribution in [-0.2, 0) is 4.79 Å². The Balaban J connectivity index is 2.20. The molecule has 1 aromatic rings. The standard InChI is InChI=1S/C10H11NO2/c1-8-5-9(12)7-11(6-8)10-3-2-4-13-10/h2-5H,6-7H2,1H3. The van der Waals surface area contributed by atoms with Crippen molar-refractivity contribution >= 4 is 11.7 Å². The number of carbonyl (C=O) groups is 1. The van der Waals surface area contributed by atoms with Crippen LogP contribution >= 0.6 is 0 Å². The third-order valence-corrected chi connectivity index (χ3v) is 2.01. The lowest BCUT2D eigenvalue weighted by Crippen LogP contribution is -2.34. The second kappa shape index (κ2) is 3.09. The Labute approximate surface area is 76.6 Å². The van der Waals surface area contributed by atoms with Crippen LogP contribution in [0.25, 0.3) is 0 Å². The monoisotopic (exact) mass is 177 g/mol. The molecule has 0 fully saturated rings. The Morgan fingerprint density at radius 2 is 2.31 bits per heavy atom. The topological polar surface area (TPSA) is 33.5 Å². The van der Waals surface area contributed by atoms with E-state index in [-0.39, 0.29) is 5.78 Å². The Morgan fingerprint density at radius 3 is 2.92 bits per heavy atom. The van der Waals surface area contributed by atoms with Crippen molar-refractivity contribution in [1.29, 1.82) is 0 Å². The predicted molar refractivity (Wildman–Crippen MR) is 49.7 cm³/mol. The molecule has 0 N–H and O–H groups in total. The zero-order valence-corrected chi connectivity index (χ0v) is 7.49. The molecule has 0 saturated carbocycles. The van der Waals surface area contributed by atoms with E-state index in [2.05, 4.69) is 0 Å². The van der Waals surface area contributed by atoms with Gasteiger partial charge in [0.05, 0.1) is 12.8 Å².